The largest absolute Gasteiger partial charge is 0.465 e. The topological polar surface area (TPSA) is 78.6 Å². The molecule has 2 aromatic rings. The van der Waals surface area contributed by atoms with Crippen LogP contribution < -0.4 is 5.73 Å². The number of aryl methyl sites for hydroxylation is 1. The summed E-state index contributed by atoms with van der Waals surface area (Å²) in [7, 11) is 2.67. The molecule has 0 spiro atoms. The third-order valence-electron chi connectivity index (χ3n) is 3.27. The molecular formula is C17H17NO4S. The van der Waals surface area contributed by atoms with Crippen LogP contribution in [0.5, 0.6) is 0 Å². The Morgan fingerprint density at radius 1 is 0.957 bits per heavy atom. The first-order chi connectivity index (χ1) is 11.0. The second kappa shape index (κ2) is 7.19. The molecule has 2 N–H and O–H groups in total. The normalized spacial score (nSPS) is 10.2. The van der Waals surface area contributed by atoms with Crippen LogP contribution in [0.15, 0.2) is 46.2 Å². The minimum Gasteiger partial charge on any atom is -0.465 e. The minimum atomic E-state index is -0.430. The second-order valence-electron chi connectivity index (χ2n) is 4.79. The molecular weight excluding hydrogens is 314 g/mol. The summed E-state index contributed by atoms with van der Waals surface area (Å²) >= 11 is 1.35. The Labute approximate surface area is 138 Å². The lowest BCUT2D eigenvalue weighted by Gasteiger charge is -2.12. The zero-order valence-electron chi connectivity index (χ0n) is 13.1. The van der Waals surface area contributed by atoms with Crippen LogP contribution in [0, 0.1) is 6.92 Å². The third-order valence-corrected chi connectivity index (χ3v) is 4.42. The molecule has 23 heavy (non-hydrogen) atoms. The van der Waals surface area contributed by atoms with E-state index in [9.17, 15) is 9.59 Å². The Morgan fingerprint density at radius 3 is 2.22 bits per heavy atom. The van der Waals surface area contributed by atoms with Crippen LogP contribution in [0.2, 0.25) is 0 Å². The van der Waals surface area contributed by atoms with Crippen molar-refractivity contribution in [1.29, 1.82) is 0 Å². The standard InChI is InChI=1S/C17H17NO4S/c1-10-8-15(13(18)9-12(10)17(20)22-3)23-14-7-5-4-6-11(14)16(19)21-2/h4-9H,18H2,1-3H3. The van der Waals surface area contributed by atoms with E-state index in [-0.39, 0.29) is 0 Å². The zero-order chi connectivity index (χ0) is 17.0. The molecule has 0 radical (unpaired) electrons. The summed E-state index contributed by atoms with van der Waals surface area (Å²) in [5, 5.41) is 0. The number of rotatable bonds is 4. The number of hydrogen-bond donors (Lipinski definition) is 1. The molecule has 0 saturated carbocycles. The van der Waals surface area contributed by atoms with Crippen LogP contribution in [0.3, 0.4) is 0 Å². The molecule has 0 saturated heterocycles. The number of anilines is 1. The van der Waals surface area contributed by atoms with Gasteiger partial charge in [0.1, 0.15) is 0 Å². The Hall–Kier alpha value is -2.47. The van der Waals surface area contributed by atoms with Gasteiger partial charge < -0.3 is 15.2 Å². The third kappa shape index (κ3) is 3.65. The van der Waals surface area contributed by atoms with Crippen LogP contribution in [0.1, 0.15) is 26.3 Å². The van der Waals surface area contributed by atoms with E-state index in [1.54, 1.807) is 24.3 Å². The highest BCUT2D eigenvalue weighted by molar-refractivity contribution is 7.99. The highest BCUT2D eigenvalue weighted by Crippen LogP contribution is 2.36. The molecule has 2 aromatic carbocycles. The highest BCUT2D eigenvalue weighted by Gasteiger charge is 2.16. The fourth-order valence-electron chi connectivity index (χ4n) is 2.07. The SMILES string of the molecule is COC(=O)c1cc(N)c(Sc2ccccc2C(=O)OC)cc1C. The van der Waals surface area contributed by atoms with Gasteiger partial charge in [-0.1, -0.05) is 23.9 Å². The van der Waals surface area contributed by atoms with E-state index in [0.29, 0.717) is 16.8 Å². The molecule has 6 heteroatoms. The van der Waals surface area contributed by atoms with Gasteiger partial charge >= 0.3 is 11.9 Å². The van der Waals surface area contributed by atoms with E-state index in [1.807, 2.05) is 19.1 Å². The van der Waals surface area contributed by atoms with Gasteiger partial charge in [0, 0.05) is 15.5 Å². The maximum atomic E-state index is 11.8. The molecule has 0 aromatic heterocycles. The molecule has 0 heterocycles. The average Bonchev–Trinajstić information content (AvgIpc) is 2.56. The van der Waals surface area contributed by atoms with Crippen molar-refractivity contribution in [2.45, 2.75) is 16.7 Å². The van der Waals surface area contributed by atoms with Crippen molar-refractivity contribution in [3.05, 3.63) is 53.1 Å². The number of carbonyl (C=O) groups excluding carboxylic acids is 2. The summed E-state index contributed by atoms with van der Waals surface area (Å²) in [5.41, 5.74) is 8.14. The number of methoxy groups -OCH3 is 2. The lowest BCUT2D eigenvalue weighted by molar-refractivity contribution is 0.0589. The van der Waals surface area contributed by atoms with E-state index in [1.165, 1.54) is 26.0 Å². The van der Waals surface area contributed by atoms with Gasteiger partial charge in [0.05, 0.1) is 25.3 Å². The lowest BCUT2D eigenvalue weighted by Crippen LogP contribution is -2.06. The van der Waals surface area contributed by atoms with E-state index in [4.69, 9.17) is 15.2 Å². The number of ether oxygens (including phenoxy) is 2. The van der Waals surface area contributed by atoms with Crippen molar-refractivity contribution in [3.8, 4) is 0 Å². The maximum absolute atomic E-state index is 11.8. The zero-order valence-corrected chi connectivity index (χ0v) is 13.9. The predicted octanol–water partition coefficient (Wildman–Crippen LogP) is 3.30. The van der Waals surface area contributed by atoms with Crippen molar-refractivity contribution < 1.29 is 19.1 Å². The second-order valence-corrected chi connectivity index (χ2v) is 5.87. The van der Waals surface area contributed by atoms with Crippen molar-refractivity contribution in [1.82, 2.24) is 0 Å². The minimum absolute atomic E-state index is 0.408. The van der Waals surface area contributed by atoms with Crippen LogP contribution in [-0.2, 0) is 9.47 Å². The molecule has 2 rings (SSSR count). The van der Waals surface area contributed by atoms with Crippen molar-refractivity contribution in [2.75, 3.05) is 20.0 Å². The predicted molar refractivity (Wildman–Crippen MR) is 88.8 cm³/mol. The molecule has 0 aliphatic heterocycles. The summed E-state index contributed by atoms with van der Waals surface area (Å²) in [5.74, 6) is -0.838. The van der Waals surface area contributed by atoms with E-state index in [2.05, 4.69) is 0 Å². The molecule has 5 nitrogen and oxygen atoms in total. The summed E-state index contributed by atoms with van der Waals surface area (Å²) in [6.45, 7) is 1.81. The van der Waals surface area contributed by atoms with Gasteiger partial charge in [-0.2, -0.15) is 0 Å². The fraction of sp³-hybridized carbons (Fsp3) is 0.176. The van der Waals surface area contributed by atoms with Crippen LogP contribution in [0.4, 0.5) is 5.69 Å². The molecule has 0 fully saturated rings. The van der Waals surface area contributed by atoms with Crippen LogP contribution in [-0.4, -0.2) is 26.2 Å². The quantitative estimate of drug-likeness (QED) is 0.684. The van der Waals surface area contributed by atoms with Gasteiger partial charge in [0.25, 0.3) is 0 Å². The van der Waals surface area contributed by atoms with Crippen molar-refractivity contribution in [3.63, 3.8) is 0 Å². The van der Waals surface area contributed by atoms with Crippen LogP contribution >= 0.6 is 11.8 Å². The van der Waals surface area contributed by atoms with E-state index < -0.39 is 11.9 Å². The van der Waals surface area contributed by atoms with Crippen molar-refractivity contribution in [2.24, 2.45) is 0 Å². The van der Waals surface area contributed by atoms with Gasteiger partial charge in [0.2, 0.25) is 0 Å². The first-order valence-corrected chi connectivity index (χ1v) is 7.63. The maximum Gasteiger partial charge on any atom is 0.339 e. The Balaban J connectivity index is 2.40. The summed E-state index contributed by atoms with van der Waals surface area (Å²) in [6, 6.07) is 10.5. The summed E-state index contributed by atoms with van der Waals surface area (Å²) < 4.78 is 9.52. The monoisotopic (exact) mass is 331 g/mol. The number of hydrogen-bond acceptors (Lipinski definition) is 6. The van der Waals surface area contributed by atoms with Gasteiger partial charge in [-0.05, 0) is 36.8 Å². The number of nitrogen functional groups attached to an aromatic ring is 1. The molecule has 0 bridgehead atoms. The summed E-state index contributed by atoms with van der Waals surface area (Å²) in [4.78, 5) is 25.0. The molecule has 0 aliphatic carbocycles. The van der Waals surface area contributed by atoms with Crippen LogP contribution in [0.25, 0.3) is 0 Å². The lowest BCUT2D eigenvalue weighted by atomic mass is 10.1. The number of carbonyl (C=O) groups is 2. The van der Waals surface area contributed by atoms with Crippen molar-refractivity contribution >= 4 is 29.4 Å². The number of benzene rings is 2. The molecule has 120 valence electrons. The summed E-state index contributed by atoms with van der Waals surface area (Å²) in [6.07, 6.45) is 0. The molecule has 0 amide bonds. The fourth-order valence-corrected chi connectivity index (χ4v) is 3.13. The Morgan fingerprint density at radius 2 is 1.57 bits per heavy atom. The number of esters is 2. The van der Waals surface area contributed by atoms with E-state index >= 15 is 0 Å². The molecule has 0 atom stereocenters. The van der Waals surface area contributed by atoms with Gasteiger partial charge in [-0.3, -0.25) is 0 Å². The molecule has 0 unspecified atom stereocenters. The number of nitrogens with two attached hydrogens (primary N) is 1. The van der Waals surface area contributed by atoms with Gasteiger partial charge in [-0.25, -0.2) is 9.59 Å². The first-order valence-electron chi connectivity index (χ1n) is 6.81. The Kier molecular flexibility index (Phi) is 5.28. The van der Waals surface area contributed by atoms with E-state index in [0.717, 1.165) is 15.4 Å². The first kappa shape index (κ1) is 16.9. The Bertz CT molecular complexity index is 758. The molecule has 0 aliphatic rings. The average molecular weight is 331 g/mol. The highest BCUT2D eigenvalue weighted by atomic mass is 32.2. The van der Waals surface area contributed by atoms with Gasteiger partial charge in [0.15, 0.2) is 0 Å². The smallest absolute Gasteiger partial charge is 0.339 e. The van der Waals surface area contributed by atoms with Gasteiger partial charge in [-0.15, -0.1) is 0 Å².